The molecule has 0 aromatic heterocycles. The van der Waals surface area contributed by atoms with Crippen LogP contribution in [-0.2, 0) is 16.0 Å². The zero-order valence-electron chi connectivity index (χ0n) is 15.4. The standard InChI is InChI=1S/C22H22BrNO3/c1-3-13-24-19(15-7-5-14(4-2)6-8-15)18(21(26)22(24)27)20(25)16-9-11-17(23)12-10-16/h5-12,19,25H,3-4,13H2,1-2H3/b20-18-. The maximum absolute atomic E-state index is 12.8. The van der Waals surface area contributed by atoms with E-state index in [0.29, 0.717) is 12.1 Å². The topological polar surface area (TPSA) is 57.6 Å². The molecule has 1 N–H and O–H groups in total. The number of aryl methyl sites for hydroxylation is 1. The van der Waals surface area contributed by atoms with Crippen molar-refractivity contribution >= 4 is 33.4 Å². The van der Waals surface area contributed by atoms with Gasteiger partial charge in [-0.3, -0.25) is 9.59 Å². The SMILES string of the molecule is CCCN1C(=O)C(=O)/C(=C(\O)c2ccc(Br)cc2)C1c1ccc(CC)cc1. The number of halogens is 1. The smallest absolute Gasteiger partial charge is 0.295 e. The van der Waals surface area contributed by atoms with Crippen molar-refractivity contribution in [2.24, 2.45) is 0 Å². The van der Waals surface area contributed by atoms with E-state index in [9.17, 15) is 14.7 Å². The first-order valence-corrected chi connectivity index (χ1v) is 9.90. The van der Waals surface area contributed by atoms with Gasteiger partial charge in [-0.15, -0.1) is 0 Å². The number of Topliss-reactive ketones (excluding diaryl/α,β-unsaturated/α-hetero) is 1. The minimum absolute atomic E-state index is 0.135. The van der Waals surface area contributed by atoms with Crippen LogP contribution in [0, 0.1) is 0 Å². The Labute approximate surface area is 167 Å². The van der Waals surface area contributed by atoms with Crippen LogP contribution in [0.4, 0.5) is 0 Å². The van der Waals surface area contributed by atoms with Crippen LogP contribution < -0.4 is 0 Å². The van der Waals surface area contributed by atoms with E-state index in [1.807, 2.05) is 31.2 Å². The van der Waals surface area contributed by atoms with Crippen LogP contribution in [-0.4, -0.2) is 28.2 Å². The molecule has 4 nitrogen and oxygen atoms in total. The number of benzene rings is 2. The molecule has 1 unspecified atom stereocenters. The van der Waals surface area contributed by atoms with E-state index in [-0.39, 0.29) is 11.3 Å². The largest absolute Gasteiger partial charge is 0.507 e. The summed E-state index contributed by atoms with van der Waals surface area (Å²) in [6, 6.07) is 14.3. The number of amides is 1. The molecule has 2 aromatic rings. The predicted octanol–water partition coefficient (Wildman–Crippen LogP) is 4.84. The molecule has 1 fully saturated rings. The Kier molecular flexibility index (Phi) is 5.80. The molecule has 2 aromatic carbocycles. The van der Waals surface area contributed by atoms with Gasteiger partial charge in [0.05, 0.1) is 11.6 Å². The van der Waals surface area contributed by atoms with Gasteiger partial charge < -0.3 is 10.0 Å². The quantitative estimate of drug-likeness (QED) is 0.421. The summed E-state index contributed by atoms with van der Waals surface area (Å²) in [4.78, 5) is 26.9. The Bertz CT molecular complexity index is 885. The molecule has 1 heterocycles. The van der Waals surface area contributed by atoms with E-state index in [1.54, 1.807) is 29.2 Å². The molecule has 3 rings (SSSR count). The lowest BCUT2D eigenvalue weighted by atomic mass is 9.94. The summed E-state index contributed by atoms with van der Waals surface area (Å²) in [6.07, 6.45) is 1.64. The Morgan fingerprint density at radius 3 is 2.22 bits per heavy atom. The van der Waals surface area contributed by atoms with Crippen LogP contribution in [0.1, 0.15) is 43.0 Å². The van der Waals surface area contributed by atoms with Crippen LogP contribution in [0.5, 0.6) is 0 Å². The molecule has 0 bridgehead atoms. The van der Waals surface area contributed by atoms with Gasteiger partial charge in [-0.2, -0.15) is 0 Å². The molecule has 1 aliphatic rings. The van der Waals surface area contributed by atoms with Crippen molar-refractivity contribution in [2.45, 2.75) is 32.7 Å². The lowest BCUT2D eigenvalue weighted by Gasteiger charge is -2.25. The highest BCUT2D eigenvalue weighted by Gasteiger charge is 2.45. The molecule has 27 heavy (non-hydrogen) atoms. The molecule has 1 atom stereocenters. The van der Waals surface area contributed by atoms with E-state index >= 15 is 0 Å². The van der Waals surface area contributed by atoms with Crippen LogP contribution in [0.25, 0.3) is 5.76 Å². The van der Waals surface area contributed by atoms with Gasteiger partial charge in [0.15, 0.2) is 0 Å². The fraction of sp³-hybridized carbons (Fsp3) is 0.273. The van der Waals surface area contributed by atoms with E-state index in [2.05, 4.69) is 22.9 Å². The highest BCUT2D eigenvalue weighted by Crippen LogP contribution is 2.39. The van der Waals surface area contributed by atoms with Crippen molar-refractivity contribution in [2.75, 3.05) is 6.54 Å². The third-order valence-electron chi connectivity index (χ3n) is 4.83. The summed E-state index contributed by atoms with van der Waals surface area (Å²) in [7, 11) is 0. The predicted molar refractivity (Wildman–Crippen MR) is 109 cm³/mol. The van der Waals surface area contributed by atoms with Gasteiger partial charge in [-0.05, 0) is 36.1 Å². The first-order valence-electron chi connectivity index (χ1n) is 9.11. The molecular formula is C22H22BrNO3. The maximum Gasteiger partial charge on any atom is 0.295 e. The fourth-order valence-corrected chi connectivity index (χ4v) is 3.66. The molecule has 1 aliphatic heterocycles. The molecule has 140 valence electrons. The summed E-state index contributed by atoms with van der Waals surface area (Å²) in [5, 5.41) is 10.9. The molecule has 0 spiro atoms. The monoisotopic (exact) mass is 427 g/mol. The van der Waals surface area contributed by atoms with Crippen LogP contribution in [0.15, 0.2) is 58.6 Å². The van der Waals surface area contributed by atoms with E-state index in [1.165, 1.54) is 5.56 Å². The maximum atomic E-state index is 12.8. The van der Waals surface area contributed by atoms with Crippen LogP contribution in [0.2, 0.25) is 0 Å². The normalized spacial score (nSPS) is 18.9. The average Bonchev–Trinajstić information content (AvgIpc) is 2.93. The highest BCUT2D eigenvalue weighted by atomic mass is 79.9. The number of nitrogens with zero attached hydrogens (tertiary/aromatic N) is 1. The summed E-state index contributed by atoms with van der Waals surface area (Å²) in [6.45, 7) is 4.50. The summed E-state index contributed by atoms with van der Waals surface area (Å²) >= 11 is 3.36. The lowest BCUT2D eigenvalue weighted by molar-refractivity contribution is -0.139. The average molecular weight is 428 g/mol. The second-order valence-corrected chi connectivity index (χ2v) is 7.51. The number of ketones is 1. The summed E-state index contributed by atoms with van der Waals surface area (Å²) in [5.74, 6) is -1.32. The Morgan fingerprint density at radius 1 is 1.04 bits per heavy atom. The van der Waals surface area contributed by atoms with Gasteiger partial charge in [0.1, 0.15) is 5.76 Å². The van der Waals surface area contributed by atoms with Crippen LogP contribution in [0.3, 0.4) is 0 Å². The molecule has 0 radical (unpaired) electrons. The number of aliphatic hydroxyl groups excluding tert-OH is 1. The number of rotatable bonds is 5. The first-order chi connectivity index (χ1) is 13.0. The first kappa shape index (κ1) is 19.4. The molecule has 0 aliphatic carbocycles. The zero-order valence-corrected chi connectivity index (χ0v) is 17.0. The highest BCUT2D eigenvalue weighted by molar-refractivity contribution is 9.10. The van der Waals surface area contributed by atoms with Gasteiger partial charge >= 0.3 is 0 Å². The van der Waals surface area contributed by atoms with Crippen molar-refractivity contribution in [3.63, 3.8) is 0 Å². The molecule has 1 saturated heterocycles. The van der Waals surface area contributed by atoms with E-state index in [0.717, 1.165) is 22.9 Å². The van der Waals surface area contributed by atoms with Crippen molar-refractivity contribution < 1.29 is 14.7 Å². The van der Waals surface area contributed by atoms with Gasteiger partial charge in [0, 0.05) is 16.6 Å². The number of hydrogen-bond acceptors (Lipinski definition) is 3. The van der Waals surface area contributed by atoms with E-state index < -0.39 is 17.7 Å². The van der Waals surface area contributed by atoms with Crippen molar-refractivity contribution in [3.05, 3.63) is 75.3 Å². The molecule has 1 amide bonds. The third-order valence-corrected chi connectivity index (χ3v) is 5.35. The molecule has 5 heteroatoms. The Hall–Kier alpha value is -2.40. The van der Waals surface area contributed by atoms with Crippen molar-refractivity contribution in [1.82, 2.24) is 4.90 Å². The number of aliphatic hydroxyl groups is 1. The number of hydrogen-bond donors (Lipinski definition) is 1. The fourth-order valence-electron chi connectivity index (χ4n) is 3.40. The molecule has 0 saturated carbocycles. The third kappa shape index (κ3) is 3.69. The zero-order chi connectivity index (χ0) is 19.6. The van der Waals surface area contributed by atoms with Crippen molar-refractivity contribution in [1.29, 1.82) is 0 Å². The lowest BCUT2D eigenvalue weighted by Crippen LogP contribution is -2.30. The van der Waals surface area contributed by atoms with E-state index in [4.69, 9.17) is 0 Å². The number of carbonyl (C=O) groups excluding carboxylic acids is 2. The van der Waals surface area contributed by atoms with Gasteiger partial charge in [-0.1, -0.05) is 66.2 Å². The number of likely N-dealkylation sites (tertiary alicyclic amines) is 1. The summed E-state index contributed by atoms with van der Waals surface area (Å²) in [5.41, 5.74) is 2.68. The minimum atomic E-state index is -0.631. The molecular weight excluding hydrogens is 406 g/mol. The minimum Gasteiger partial charge on any atom is -0.507 e. The van der Waals surface area contributed by atoms with Gasteiger partial charge in [0.25, 0.3) is 11.7 Å². The van der Waals surface area contributed by atoms with Crippen molar-refractivity contribution in [3.8, 4) is 0 Å². The van der Waals surface area contributed by atoms with Gasteiger partial charge in [0.2, 0.25) is 0 Å². The second-order valence-electron chi connectivity index (χ2n) is 6.59. The summed E-state index contributed by atoms with van der Waals surface area (Å²) < 4.78 is 0.872. The Balaban J connectivity index is 2.15. The van der Waals surface area contributed by atoms with Gasteiger partial charge in [-0.25, -0.2) is 0 Å². The second kappa shape index (κ2) is 8.09. The van der Waals surface area contributed by atoms with Crippen LogP contribution >= 0.6 is 15.9 Å². The Morgan fingerprint density at radius 2 is 1.67 bits per heavy atom. The number of carbonyl (C=O) groups is 2.